The Kier molecular flexibility index (Phi) is 3.48. The van der Waals surface area contributed by atoms with E-state index in [0.717, 1.165) is 6.26 Å². The average Bonchev–Trinajstić information content (AvgIpc) is 1.35. The Morgan fingerprint density at radius 2 is 2.50 bits per heavy atom. The first-order valence-electron chi connectivity index (χ1n) is 1.28. The van der Waals surface area contributed by atoms with Gasteiger partial charge in [-0.3, -0.25) is 0 Å². The quantitative estimate of drug-likeness (QED) is 0.586. The van der Waals surface area contributed by atoms with Gasteiger partial charge in [-0.25, -0.2) is 0 Å². The molecule has 0 saturated carbocycles. The fourth-order valence-electron chi connectivity index (χ4n) is 0.0713. The molecule has 0 bridgehead atoms. The third kappa shape index (κ3) is 4.18. The normalized spacial score (nSPS) is 6.83. The number of rotatable bonds is 2. The Bertz CT molecular complexity index is 69.2. The van der Waals surface area contributed by atoms with E-state index >= 15 is 0 Å². The van der Waals surface area contributed by atoms with Crippen LogP contribution in [0, 0.1) is 0 Å². The van der Waals surface area contributed by atoms with Gasteiger partial charge in [0, 0.05) is 0 Å². The molecule has 0 unspecified atom stereocenters. The van der Waals surface area contributed by atoms with E-state index in [4.69, 9.17) is 3.18 Å². The first-order chi connectivity index (χ1) is 2.77. The molecular weight excluding hydrogens is 163 g/mol. The second kappa shape index (κ2) is 3.38. The van der Waals surface area contributed by atoms with Gasteiger partial charge in [0.05, 0.1) is 0 Å². The monoisotopic (exact) mass is 166 g/mol. The summed E-state index contributed by atoms with van der Waals surface area (Å²) in [5.74, 6) is 0. The van der Waals surface area contributed by atoms with Crippen molar-refractivity contribution >= 4 is 0 Å². The summed E-state index contributed by atoms with van der Waals surface area (Å²) in [5.41, 5.74) is 0. The number of hydrogen-bond acceptors (Lipinski definition) is 2. The molecule has 0 amide bonds. The molecule has 0 saturated heterocycles. The molecule has 3 nitrogen and oxygen atoms in total. The van der Waals surface area contributed by atoms with Crippen LogP contribution >= 0.6 is 0 Å². The van der Waals surface area contributed by atoms with E-state index in [2.05, 4.69) is 9.39 Å². The molecule has 0 rings (SSSR count). The zero-order valence-corrected chi connectivity index (χ0v) is 5.51. The van der Waals surface area contributed by atoms with Gasteiger partial charge in [0.15, 0.2) is 0 Å². The van der Waals surface area contributed by atoms with Gasteiger partial charge in [0.1, 0.15) is 0 Å². The molecular formula is C2H4O3Zr. The van der Waals surface area contributed by atoms with Crippen LogP contribution < -0.4 is 0 Å². The third-order valence-electron chi connectivity index (χ3n) is 0.184. The summed E-state index contributed by atoms with van der Waals surface area (Å²) in [5, 5.41) is 0. The Morgan fingerprint density at radius 1 is 2.00 bits per heavy atom. The molecule has 0 aromatic heterocycles. The summed E-state index contributed by atoms with van der Waals surface area (Å²) in [6, 6.07) is 0. The predicted molar refractivity (Wildman–Crippen MR) is 14.2 cm³/mol. The van der Waals surface area contributed by atoms with Crippen molar-refractivity contribution in [1.82, 2.24) is 0 Å². The van der Waals surface area contributed by atoms with Crippen LogP contribution in [0.2, 0.25) is 0 Å². The van der Waals surface area contributed by atoms with Crippen molar-refractivity contribution in [1.29, 1.82) is 0 Å². The minimum absolute atomic E-state index is 0.974. The first kappa shape index (κ1) is 6.18. The molecule has 6 heavy (non-hydrogen) atoms. The molecule has 0 aliphatic carbocycles. The van der Waals surface area contributed by atoms with Crippen molar-refractivity contribution in [3.63, 3.8) is 0 Å². The van der Waals surface area contributed by atoms with Crippen LogP contribution in [0.5, 0.6) is 0 Å². The Morgan fingerprint density at radius 3 is 2.50 bits per heavy atom. The van der Waals surface area contributed by atoms with Gasteiger partial charge in [-0.15, -0.1) is 0 Å². The zero-order chi connectivity index (χ0) is 4.99. The maximum absolute atomic E-state index is 9.59. The fraction of sp³-hybridized carbons (Fsp3) is 0. The van der Waals surface area contributed by atoms with Crippen molar-refractivity contribution in [3.8, 4) is 0 Å². The first-order valence-corrected chi connectivity index (χ1v) is 4.38. The van der Waals surface area contributed by atoms with Gasteiger partial charge < -0.3 is 0 Å². The molecule has 0 heterocycles. The van der Waals surface area contributed by atoms with Gasteiger partial charge >= 0.3 is 44.3 Å². The SMILES string of the molecule is C=C[O][Zr](=[O])[OH]. The van der Waals surface area contributed by atoms with Crippen LogP contribution in [-0.2, 0) is 28.3 Å². The van der Waals surface area contributed by atoms with E-state index in [9.17, 15) is 2.81 Å². The second-order valence-electron chi connectivity index (χ2n) is 0.550. The molecule has 0 aliphatic heterocycles. The van der Waals surface area contributed by atoms with Crippen LogP contribution in [0.25, 0.3) is 0 Å². The predicted octanol–water partition coefficient (Wildman–Crippen LogP) is -0.0675. The molecule has 0 fully saturated rings. The maximum atomic E-state index is 9.59. The summed E-state index contributed by atoms with van der Waals surface area (Å²) < 4.78 is 21.5. The summed E-state index contributed by atoms with van der Waals surface area (Å²) in [6.45, 7) is 3.07. The summed E-state index contributed by atoms with van der Waals surface area (Å²) in [7, 11) is 0. The topological polar surface area (TPSA) is 46.5 Å². The van der Waals surface area contributed by atoms with E-state index in [1.54, 1.807) is 0 Å². The molecule has 0 aromatic carbocycles. The summed E-state index contributed by atoms with van der Waals surface area (Å²) in [6.07, 6.45) is 0.974. The van der Waals surface area contributed by atoms with Crippen LogP contribution in [-0.4, -0.2) is 3.18 Å². The molecule has 0 radical (unpaired) electrons. The van der Waals surface area contributed by atoms with Crippen LogP contribution in [0.1, 0.15) is 0 Å². The molecule has 0 aromatic rings. The molecule has 4 heteroatoms. The van der Waals surface area contributed by atoms with Crippen molar-refractivity contribution in [2.24, 2.45) is 0 Å². The van der Waals surface area contributed by atoms with Gasteiger partial charge in [0.2, 0.25) is 0 Å². The second-order valence-corrected chi connectivity index (χ2v) is 2.44. The van der Waals surface area contributed by atoms with Gasteiger partial charge in [-0.1, -0.05) is 0 Å². The molecule has 0 spiro atoms. The molecule has 0 atom stereocenters. The fourth-order valence-corrected chi connectivity index (χ4v) is 0.422. The van der Waals surface area contributed by atoms with Gasteiger partial charge in [-0.05, 0) is 0 Å². The van der Waals surface area contributed by atoms with Gasteiger partial charge in [0.25, 0.3) is 0 Å². The zero-order valence-electron chi connectivity index (χ0n) is 3.05. The van der Waals surface area contributed by atoms with E-state index in [0.29, 0.717) is 0 Å². The molecule has 0 aliphatic rings. The van der Waals surface area contributed by atoms with Crippen molar-refractivity contribution in [2.75, 3.05) is 0 Å². The Labute approximate surface area is 44.6 Å². The Hall–Kier alpha value is 0.183. The van der Waals surface area contributed by atoms with E-state index in [1.165, 1.54) is 0 Å². The van der Waals surface area contributed by atoms with E-state index in [-0.39, 0.29) is 0 Å². The number of hydrogen-bond donors (Lipinski definition) is 1. The summed E-state index contributed by atoms with van der Waals surface area (Å²) in [4.78, 5) is 0. The minimum atomic E-state index is -3.48. The van der Waals surface area contributed by atoms with Crippen molar-refractivity contribution in [2.45, 2.75) is 0 Å². The van der Waals surface area contributed by atoms with E-state index in [1.807, 2.05) is 0 Å². The van der Waals surface area contributed by atoms with Gasteiger partial charge in [-0.2, -0.15) is 0 Å². The molecule has 34 valence electrons. The van der Waals surface area contributed by atoms with Crippen molar-refractivity contribution < 1.29 is 31.4 Å². The Balaban J connectivity index is 3.05. The van der Waals surface area contributed by atoms with E-state index < -0.39 is 22.6 Å². The summed E-state index contributed by atoms with van der Waals surface area (Å²) >= 11 is -3.48. The van der Waals surface area contributed by atoms with Crippen molar-refractivity contribution in [3.05, 3.63) is 12.8 Å². The third-order valence-corrected chi connectivity index (χ3v) is 1.09. The average molecular weight is 167 g/mol. The molecule has 1 N–H and O–H groups in total. The van der Waals surface area contributed by atoms with Crippen LogP contribution in [0.4, 0.5) is 0 Å². The van der Waals surface area contributed by atoms with Crippen LogP contribution in [0.3, 0.4) is 0 Å². The standard InChI is InChI=1S/C2H4O.H2O.O.Zr/c1-2-3;;;/h2-3H,1H2;1H2;;/q;;;+2/p-2. The van der Waals surface area contributed by atoms with Crippen LogP contribution in [0.15, 0.2) is 12.8 Å².